The number of terminal acetylenes is 1. The van der Waals surface area contributed by atoms with Gasteiger partial charge in [0.1, 0.15) is 0 Å². The highest BCUT2D eigenvalue weighted by molar-refractivity contribution is 5.91. The van der Waals surface area contributed by atoms with E-state index in [9.17, 15) is 9.59 Å². The predicted octanol–water partition coefficient (Wildman–Crippen LogP) is 4.45. The third kappa shape index (κ3) is 2.20. The van der Waals surface area contributed by atoms with E-state index in [2.05, 4.69) is 19.8 Å². The van der Waals surface area contributed by atoms with Crippen LogP contribution in [-0.2, 0) is 14.3 Å². The minimum atomic E-state index is -0.742. The highest BCUT2D eigenvalue weighted by Gasteiger charge is 2.65. The van der Waals surface area contributed by atoms with Gasteiger partial charge in [-0.2, -0.15) is 0 Å². The van der Waals surface area contributed by atoms with Crippen molar-refractivity contribution in [3.05, 3.63) is 11.6 Å². The zero-order valence-electron chi connectivity index (χ0n) is 16.3. The number of ketones is 1. The molecule has 0 aromatic rings. The lowest BCUT2D eigenvalue weighted by atomic mass is 9.46. The van der Waals surface area contributed by atoms with Gasteiger partial charge in [-0.1, -0.05) is 25.3 Å². The number of hydrogen-bond donors (Lipinski definition) is 0. The second kappa shape index (κ2) is 5.72. The first-order valence-electron chi connectivity index (χ1n) is 10.2. The van der Waals surface area contributed by atoms with Gasteiger partial charge in [-0.3, -0.25) is 9.59 Å². The van der Waals surface area contributed by atoms with Crippen molar-refractivity contribution in [3.8, 4) is 12.3 Å². The molecule has 3 nitrogen and oxygen atoms in total. The van der Waals surface area contributed by atoms with E-state index in [1.807, 2.05) is 6.08 Å². The van der Waals surface area contributed by atoms with E-state index in [1.54, 1.807) is 0 Å². The molecule has 0 N–H and O–H groups in total. The summed E-state index contributed by atoms with van der Waals surface area (Å²) in [5, 5.41) is 0. The molecule has 3 fully saturated rings. The molecule has 0 aromatic heterocycles. The first kappa shape index (κ1) is 17.8. The molecule has 0 radical (unpaired) electrons. The van der Waals surface area contributed by atoms with Crippen LogP contribution in [0.5, 0.6) is 0 Å². The zero-order valence-corrected chi connectivity index (χ0v) is 16.3. The minimum Gasteiger partial charge on any atom is -0.445 e. The molecule has 0 aliphatic heterocycles. The molecule has 4 aliphatic rings. The molecule has 0 bridgehead atoms. The predicted molar refractivity (Wildman–Crippen MR) is 100 cm³/mol. The molecule has 0 aromatic carbocycles. The van der Waals surface area contributed by atoms with Crippen molar-refractivity contribution in [1.82, 2.24) is 0 Å². The highest BCUT2D eigenvalue weighted by atomic mass is 16.6. The second-order valence-electron chi connectivity index (χ2n) is 9.53. The van der Waals surface area contributed by atoms with Crippen LogP contribution in [-0.4, -0.2) is 17.4 Å². The van der Waals surface area contributed by atoms with Crippen molar-refractivity contribution in [2.45, 2.75) is 77.7 Å². The number of rotatable bonds is 1. The van der Waals surface area contributed by atoms with Crippen molar-refractivity contribution < 1.29 is 14.3 Å². The summed E-state index contributed by atoms with van der Waals surface area (Å²) in [5.74, 6) is 4.71. The molecule has 26 heavy (non-hydrogen) atoms. The molecule has 4 rings (SSSR count). The number of esters is 1. The van der Waals surface area contributed by atoms with Gasteiger partial charge in [-0.25, -0.2) is 0 Å². The second-order valence-corrected chi connectivity index (χ2v) is 9.53. The standard InChI is InChI=1S/C23H30O3/c1-5-23(26-15(2)24)13-10-20-18-7-6-16-14-17(25)8-11-21(16,3)19(18)9-12-22(20,23)4/h1,14,18-20H,6-13H2,2-4H3/t18-,19-,20+,21+,22+,23?/m1/s1. The Hall–Kier alpha value is -1.56. The molecule has 0 spiro atoms. The lowest BCUT2D eigenvalue weighted by Gasteiger charge is -2.58. The number of allylic oxidation sites excluding steroid dienone is 1. The minimum absolute atomic E-state index is 0.128. The van der Waals surface area contributed by atoms with E-state index in [0.717, 1.165) is 44.9 Å². The summed E-state index contributed by atoms with van der Waals surface area (Å²) in [4.78, 5) is 23.7. The van der Waals surface area contributed by atoms with E-state index in [0.29, 0.717) is 30.0 Å². The Labute approximate surface area is 156 Å². The lowest BCUT2D eigenvalue weighted by Crippen LogP contribution is -2.55. The Bertz CT molecular complexity index is 728. The van der Waals surface area contributed by atoms with Gasteiger partial charge in [-0.15, -0.1) is 6.42 Å². The fourth-order valence-electron chi connectivity index (χ4n) is 7.24. The van der Waals surface area contributed by atoms with E-state index in [4.69, 9.17) is 11.2 Å². The molecule has 0 heterocycles. The van der Waals surface area contributed by atoms with Crippen LogP contribution >= 0.6 is 0 Å². The zero-order chi connectivity index (χ0) is 18.7. The van der Waals surface area contributed by atoms with Crippen molar-refractivity contribution in [2.24, 2.45) is 28.6 Å². The molecule has 6 atom stereocenters. The summed E-state index contributed by atoms with van der Waals surface area (Å²) in [5.41, 5.74) is 0.686. The van der Waals surface area contributed by atoms with Crippen LogP contribution in [0.4, 0.5) is 0 Å². The van der Waals surface area contributed by atoms with Gasteiger partial charge in [-0.05, 0) is 74.2 Å². The maximum absolute atomic E-state index is 11.9. The number of carbonyl (C=O) groups is 2. The molecule has 140 valence electrons. The maximum Gasteiger partial charge on any atom is 0.304 e. The van der Waals surface area contributed by atoms with Gasteiger partial charge >= 0.3 is 5.97 Å². The summed E-state index contributed by atoms with van der Waals surface area (Å²) in [6.07, 6.45) is 15.7. The van der Waals surface area contributed by atoms with E-state index in [1.165, 1.54) is 12.5 Å². The molecule has 3 heteroatoms. The largest absolute Gasteiger partial charge is 0.445 e. The Morgan fingerprint density at radius 2 is 1.88 bits per heavy atom. The van der Waals surface area contributed by atoms with Crippen LogP contribution in [0, 0.1) is 40.9 Å². The summed E-state index contributed by atoms with van der Waals surface area (Å²) >= 11 is 0. The fraction of sp³-hybridized carbons (Fsp3) is 0.739. The van der Waals surface area contributed by atoms with Crippen molar-refractivity contribution in [1.29, 1.82) is 0 Å². The molecule has 1 unspecified atom stereocenters. The van der Waals surface area contributed by atoms with E-state index < -0.39 is 5.60 Å². The Morgan fingerprint density at radius 3 is 2.58 bits per heavy atom. The quantitative estimate of drug-likeness (QED) is 0.516. The normalized spacial score (nSPS) is 47.1. The van der Waals surface area contributed by atoms with Crippen LogP contribution in [0.3, 0.4) is 0 Å². The molecular formula is C23H30O3. The van der Waals surface area contributed by atoms with E-state index in [-0.39, 0.29) is 16.8 Å². The van der Waals surface area contributed by atoms with Crippen LogP contribution in [0.1, 0.15) is 72.1 Å². The highest BCUT2D eigenvalue weighted by Crippen LogP contribution is 2.68. The van der Waals surface area contributed by atoms with Gasteiger partial charge in [0.25, 0.3) is 0 Å². The van der Waals surface area contributed by atoms with E-state index >= 15 is 0 Å². The summed E-state index contributed by atoms with van der Waals surface area (Å²) in [7, 11) is 0. The third-order valence-electron chi connectivity index (χ3n) is 8.63. The van der Waals surface area contributed by atoms with Gasteiger partial charge in [0.05, 0.1) is 0 Å². The first-order chi connectivity index (χ1) is 12.3. The van der Waals surface area contributed by atoms with Crippen LogP contribution in [0.15, 0.2) is 11.6 Å². The van der Waals surface area contributed by atoms with Crippen LogP contribution < -0.4 is 0 Å². The number of fused-ring (bicyclic) bond motifs is 5. The number of ether oxygens (including phenoxy) is 1. The third-order valence-corrected chi connectivity index (χ3v) is 8.63. The van der Waals surface area contributed by atoms with Crippen molar-refractivity contribution >= 4 is 11.8 Å². The van der Waals surface area contributed by atoms with Crippen molar-refractivity contribution in [2.75, 3.05) is 0 Å². The maximum atomic E-state index is 11.9. The Balaban J connectivity index is 1.69. The van der Waals surface area contributed by atoms with Gasteiger partial charge in [0, 0.05) is 18.8 Å². The van der Waals surface area contributed by atoms with Crippen LogP contribution in [0.25, 0.3) is 0 Å². The number of hydrogen-bond acceptors (Lipinski definition) is 3. The van der Waals surface area contributed by atoms with Gasteiger partial charge in [0.2, 0.25) is 0 Å². The molecule has 0 saturated heterocycles. The Kier molecular flexibility index (Phi) is 3.92. The van der Waals surface area contributed by atoms with Gasteiger partial charge in [0.15, 0.2) is 11.4 Å². The topological polar surface area (TPSA) is 43.4 Å². The SMILES string of the molecule is C#CC1(OC(C)=O)CC[C@H]2[C@@H]3CCC4=CC(=O)CC[C@]4(C)[C@@H]3CC[C@@]21C. The monoisotopic (exact) mass is 354 g/mol. The fourth-order valence-corrected chi connectivity index (χ4v) is 7.24. The lowest BCUT2D eigenvalue weighted by molar-refractivity contribution is -0.169. The molecule has 0 amide bonds. The van der Waals surface area contributed by atoms with Crippen molar-refractivity contribution in [3.63, 3.8) is 0 Å². The molecular weight excluding hydrogens is 324 g/mol. The summed E-state index contributed by atoms with van der Waals surface area (Å²) in [6.45, 7) is 6.13. The molecule has 3 saturated carbocycles. The molecule has 4 aliphatic carbocycles. The smallest absolute Gasteiger partial charge is 0.304 e. The summed E-state index contributed by atoms with van der Waals surface area (Å²) < 4.78 is 5.81. The van der Waals surface area contributed by atoms with Gasteiger partial charge < -0.3 is 4.74 Å². The average molecular weight is 354 g/mol. The summed E-state index contributed by atoms with van der Waals surface area (Å²) in [6, 6.07) is 0. The van der Waals surface area contributed by atoms with Crippen LogP contribution in [0.2, 0.25) is 0 Å². The Morgan fingerprint density at radius 1 is 1.15 bits per heavy atom. The number of carbonyl (C=O) groups excluding carboxylic acids is 2. The average Bonchev–Trinajstić information content (AvgIpc) is 2.88. The first-order valence-corrected chi connectivity index (χ1v) is 10.2.